The number of unbranched alkanes of at least 4 members (excludes halogenated alkanes) is 21. The molecule has 28 heteroatoms. The average Bonchev–Trinajstić information content (AvgIpc) is 3.91. The molecule has 0 radical (unpaired) electrons. The number of aliphatic hydroxyl groups is 2. The minimum atomic E-state index is -5.58. The fourth-order valence-corrected chi connectivity index (χ4v) is 11.6. The molecule has 10 N–H and O–H groups in total. The van der Waals surface area contributed by atoms with E-state index in [4.69, 9.17) is 19.5 Å². The van der Waals surface area contributed by atoms with E-state index in [-0.39, 0.29) is 41.6 Å². The molecule has 1 aliphatic rings. The van der Waals surface area contributed by atoms with Crippen LogP contribution in [0.1, 0.15) is 175 Å². The van der Waals surface area contributed by atoms with E-state index in [1.165, 1.54) is 136 Å². The average molecular weight is 1140 g/mol. The number of allylic oxidation sites excluding steroid dienone is 1. The maximum Gasteiger partial charge on any atom is 0.481 e. The van der Waals surface area contributed by atoms with Crippen LogP contribution in [-0.4, -0.2) is 123 Å². The largest absolute Gasteiger partial charge is 0.481 e. The number of nitrogens with zero attached hydrogens (tertiary/aromatic N) is 4. The smallest absolute Gasteiger partial charge is 0.386 e. The quantitative estimate of drug-likeness (QED) is 0.0174. The maximum atomic E-state index is 12.8. The number of amides is 2. The van der Waals surface area contributed by atoms with Gasteiger partial charge in [-0.25, -0.2) is 28.6 Å². The number of aromatic nitrogens is 4. The maximum absolute atomic E-state index is 12.8. The third kappa shape index (κ3) is 27.2. The molecule has 75 heavy (non-hydrogen) atoms. The molecule has 1 fully saturated rings. The van der Waals surface area contributed by atoms with Crippen molar-refractivity contribution < 1.29 is 80.5 Å². The lowest BCUT2D eigenvalue weighted by atomic mass is 9.87. The second kappa shape index (κ2) is 35.0. The van der Waals surface area contributed by atoms with Gasteiger partial charge in [0.1, 0.15) is 36.3 Å². The van der Waals surface area contributed by atoms with Crippen molar-refractivity contribution in [3.05, 3.63) is 24.8 Å². The summed E-state index contributed by atoms with van der Waals surface area (Å²) in [5.41, 5.74) is 4.29. The molecule has 430 valence electrons. The standard InChI is InChI=1S/C47H84N7O17P3S/c1-4-5-6-7-8-9-10-11-12-13-14-15-16-17-18-19-20-21-22-23-24-25-26-27-38(56)75-31-30-49-37(55)28-29-50-45(59)42(58)47(2,3)33-68-74(65,66)71-73(63,64)67-32-36-41(70-72(60,61)62)40(57)46(69-36)54-35-53-39-43(48)51-34-52-44(39)54/h26-27,34-36,40-42,46,57-58H,4-25,28-33H2,1-3H3,(H,49,55)(H,50,59)(H,63,64)(H,65,66)(H2,48,51,52)(H2,60,61,62)/t36-,40-,41-,42+,46-/m1/s1. The molecule has 2 aromatic heterocycles. The summed E-state index contributed by atoms with van der Waals surface area (Å²) in [7, 11) is -16.4. The molecule has 24 nitrogen and oxygen atoms in total. The van der Waals surface area contributed by atoms with E-state index < -0.39 is 84.6 Å². The fourth-order valence-electron chi connectivity index (χ4n) is 8.20. The van der Waals surface area contributed by atoms with Crippen LogP contribution in [-0.2, 0) is 50.7 Å². The van der Waals surface area contributed by atoms with Crippen molar-refractivity contribution in [2.24, 2.45) is 5.41 Å². The van der Waals surface area contributed by atoms with Gasteiger partial charge in [0.15, 0.2) is 17.7 Å². The summed E-state index contributed by atoms with van der Waals surface area (Å²) < 4.78 is 62.5. The number of imidazole rings is 1. The molecule has 0 aromatic carbocycles. The Bertz CT molecular complexity index is 2190. The number of fused-ring (bicyclic) bond motifs is 1. The van der Waals surface area contributed by atoms with Gasteiger partial charge in [-0.2, -0.15) is 4.31 Å². The first-order chi connectivity index (χ1) is 35.6. The van der Waals surface area contributed by atoms with Gasteiger partial charge in [0.05, 0.1) is 19.5 Å². The van der Waals surface area contributed by atoms with Crippen molar-refractivity contribution >= 4 is 69.1 Å². The van der Waals surface area contributed by atoms with E-state index in [9.17, 15) is 57.9 Å². The summed E-state index contributed by atoms with van der Waals surface area (Å²) in [6, 6.07) is 0. The van der Waals surface area contributed by atoms with Crippen LogP contribution in [0.4, 0.5) is 5.82 Å². The van der Waals surface area contributed by atoms with Gasteiger partial charge in [-0.1, -0.05) is 167 Å². The molecular formula is C47H84N7O17P3S. The number of ether oxygens (including phenoxy) is 1. The highest BCUT2D eigenvalue weighted by Crippen LogP contribution is 2.61. The Kier molecular flexibility index (Phi) is 31.1. The number of nitrogens with two attached hydrogens (primary N) is 1. The molecule has 0 saturated carbocycles. The minimum Gasteiger partial charge on any atom is -0.386 e. The Hall–Kier alpha value is -2.70. The zero-order chi connectivity index (χ0) is 55.3. The van der Waals surface area contributed by atoms with Gasteiger partial charge in [0.25, 0.3) is 0 Å². The minimum absolute atomic E-state index is 0.0332. The van der Waals surface area contributed by atoms with Gasteiger partial charge in [-0.3, -0.25) is 32.5 Å². The third-order valence-electron chi connectivity index (χ3n) is 12.5. The Morgan fingerprint density at radius 2 is 1.36 bits per heavy atom. The van der Waals surface area contributed by atoms with Crippen molar-refractivity contribution in [3.8, 4) is 0 Å². The SMILES string of the molecule is CCCCCCCCCCCCCCCCCCCCCCCC=CC(=O)SCCNC(=O)CCNC(=O)[C@H](O)C(C)(C)COP(=O)(O)OP(=O)(O)OC[C@H]1O[C@@H](n2cnc3c(N)ncnc32)[C@H](O)[C@@H]1OP(=O)(O)O. The third-order valence-corrected chi connectivity index (χ3v) is 16.4. The second-order valence-corrected chi connectivity index (χ2v) is 24.8. The molecule has 0 aliphatic carbocycles. The molecule has 2 unspecified atom stereocenters. The van der Waals surface area contributed by atoms with Crippen LogP contribution in [0, 0.1) is 5.41 Å². The van der Waals surface area contributed by atoms with Crippen molar-refractivity contribution in [3.63, 3.8) is 0 Å². The second-order valence-electron chi connectivity index (χ2n) is 19.5. The normalized spacial score (nSPS) is 19.3. The number of thioether (sulfide) groups is 1. The predicted octanol–water partition coefficient (Wildman–Crippen LogP) is 7.82. The van der Waals surface area contributed by atoms with Crippen LogP contribution in [0.25, 0.3) is 11.2 Å². The number of hydrogen-bond acceptors (Lipinski definition) is 18. The topological polar surface area (TPSA) is 364 Å². The Labute approximate surface area is 445 Å². The highest BCUT2D eigenvalue weighted by atomic mass is 32.2. The van der Waals surface area contributed by atoms with Gasteiger partial charge >= 0.3 is 23.5 Å². The molecule has 1 saturated heterocycles. The van der Waals surface area contributed by atoms with Crippen LogP contribution in [0.3, 0.4) is 0 Å². The number of rotatable bonds is 42. The van der Waals surface area contributed by atoms with Crippen LogP contribution < -0.4 is 16.4 Å². The summed E-state index contributed by atoms with van der Waals surface area (Å²) in [6.45, 7) is 2.80. The number of hydrogen-bond donors (Lipinski definition) is 9. The van der Waals surface area contributed by atoms with Gasteiger partial charge < -0.3 is 50.9 Å². The van der Waals surface area contributed by atoms with Crippen molar-refractivity contribution in [1.29, 1.82) is 0 Å². The molecular weight excluding hydrogens is 1060 g/mol. The molecule has 0 bridgehead atoms. The first-order valence-corrected chi connectivity index (χ1v) is 31.8. The predicted molar refractivity (Wildman–Crippen MR) is 283 cm³/mol. The number of nitrogen functional groups attached to an aromatic ring is 1. The first kappa shape index (κ1) is 66.6. The summed E-state index contributed by atoms with van der Waals surface area (Å²) in [5, 5.41) is 26.5. The lowest BCUT2D eigenvalue weighted by Gasteiger charge is -2.30. The van der Waals surface area contributed by atoms with Crippen molar-refractivity contribution in [2.75, 3.05) is 37.8 Å². The Balaban J connectivity index is 1.21. The van der Waals surface area contributed by atoms with Gasteiger partial charge in [0, 0.05) is 30.7 Å². The van der Waals surface area contributed by atoms with E-state index in [1.54, 1.807) is 6.08 Å². The summed E-state index contributed by atoms with van der Waals surface area (Å²) in [4.78, 5) is 88.5. The summed E-state index contributed by atoms with van der Waals surface area (Å²) >= 11 is 1.08. The number of aliphatic hydroxyl groups excluding tert-OH is 2. The van der Waals surface area contributed by atoms with E-state index >= 15 is 0 Å². The molecule has 1 aliphatic heterocycles. The highest BCUT2D eigenvalue weighted by molar-refractivity contribution is 8.14. The Morgan fingerprint density at radius 3 is 1.92 bits per heavy atom. The zero-order valence-electron chi connectivity index (χ0n) is 43.8. The number of nitrogens with one attached hydrogen (secondary N) is 2. The van der Waals surface area contributed by atoms with Crippen molar-refractivity contribution in [2.45, 2.75) is 199 Å². The van der Waals surface area contributed by atoms with E-state index in [0.29, 0.717) is 5.75 Å². The van der Waals surface area contributed by atoms with E-state index in [0.717, 1.165) is 48.2 Å². The van der Waals surface area contributed by atoms with Gasteiger partial charge in [-0.15, -0.1) is 0 Å². The summed E-state index contributed by atoms with van der Waals surface area (Å²) in [5.74, 6) is -1.09. The number of phosphoric ester groups is 3. The lowest BCUT2D eigenvalue weighted by molar-refractivity contribution is -0.137. The van der Waals surface area contributed by atoms with E-state index in [1.807, 2.05) is 6.08 Å². The molecule has 7 atom stereocenters. The first-order valence-electron chi connectivity index (χ1n) is 26.3. The van der Waals surface area contributed by atoms with E-state index in [2.05, 4.69) is 41.3 Å². The molecule has 2 amide bonds. The zero-order valence-corrected chi connectivity index (χ0v) is 47.3. The number of carbonyl (C=O) groups excluding carboxylic acids is 3. The fraction of sp³-hybridized carbons (Fsp3) is 0.787. The van der Waals surface area contributed by atoms with Gasteiger partial charge in [0.2, 0.25) is 16.9 Å². The number of phosphoric acid groups is 3. The number of anilines is 1. The number of carbonyl (C=O) groups is 3. The van der Waals surface area contributed by atoms with Crippen LogP contribution >= 0.6 is 35.2 Å². The molecule has 3 rings (SSSR count). The van der Waals surface area contributed by atoms with Crippen LogP contribution in [0.2, 0.25) is 0 Å². The summed E-state index contributed by atoms with van der Waals surface area (Å²) in [6.07, 6.45) is 25.4. The molecule has 2 aromatic rings. The molecule has 0 spiro atoms. The highest BCUT2D eigenvalue weighted by Gasteiger charge is 2.50. The van der Waals surface area contributed by atoms with Crippen LogP contribution in [0.5, 0.6) is 0 Å². The monoisotopic (exact) mass is 1140 g/mol. The molecule has 3 heterocycles. The van der Waals surface area contributed by atoms with Gasteiger partial charge in [-0.05, 0) is 18.9 Å². The lowest BCUT2D eigenvalue weighted by Crippen LogP contribution is -2.46. The Morgan fingerprint density at radius 1 is 0.813 bits per heavy atom. The van der Waals surface area contributed by atoms with Crippen molar-refractivity contribution in [1.82, 2.24) is 30.2 Å². The van der Waals surface area contributed by atoms with Crippen LogP contribution in [0.15, 0.2) is 24.8 Å².